The zero-order valence-electron chi connectivity index (χ0n) is 32.1. The molecule has 9 aromatic rings. The molecule has 8 aromatic carbocycles. The first-order chi connectivity index (χ1) is 27.3. The Morgan fingerprint density at radius 1 is 0.386 bits per heavy atom. The van der Waals surface area contributed by atoms with Crippen molar-refractivity contribution in [3.63, 3.8) is 0 Å². The summed E-state index contributed by atoms with van der Waals surface area (Å²) in [6.45, 7) is 9.41. The highest BCUT2D eigenvalue weighted by Crippen LogP contribution is 2.55. The maximum absolute atomic E-state index is 6.27. The molecule has 0 saturated carbocycles. The van der Waals surface area contributed by atoms with Crippen molar-refractivity contribution in [3.8, 4) is 44.5 Å². The van der Waals surface area contributed by atoms with Gasteiger partial charge in [0.25, 0.3) is 0 Å². The van der Waals surface area contributed by atoms with E-state index in [9.17, 15) is 0 Å². The third kappa shape index (κ3) is 5.03. The van der Waals surface area contributed by atoms with E-state index in [2.05, 4.69) is 196 Å². The Bertz CT molecular complexity index is 3010. The summed E-state index contributed by atoms with van der Waals surface area (Å²) in [6.07, 6.45) is 0. The standard InChI is InChI=1S/C54H41NO.CH4/c1-53(2)43-19-8-5-14-40(43)50-38(17-11-21-45(50)53)34-26-30-36(31-27-34)55(47-23-13-22-46-52(47)41-15-6-9-20-44(41)54(46,3)4)37-32-28-35(29-33-37)39-18-12-25-49-51(39)42-16-7-10-24-48(42)56-49;/h5-33H,1-4H3;1H4. The SMILES string of the molecule is C.CC1(C)c2ccccc2-c2c(-c3ccc(N(c4ccc(-c5cccc6oc7ccccc7c56)cc4)c4cccc5c4-c4ccccc4C5(C)C)cc3)cccc21. The van der Waals surface area contributed by atoms with Crippen molar-refractivity contribution in [2.75, 3.05) is 4.90 Å². The van der Waals surface area contributed by atoms with Crippen molar-refractivity contribution in [2.45, 2.75) is 46.0 Å². The van der Waals surface area contributed by atoms with Crippen LogP contribution in [0.4, 0.5) is 17.1 Å². The molecule has 2 heteroatoms. The zero-order valence-corrected chi connectivity index (χ0v) is 32.1. The number of hydrogen-bond donors (Lipinski definition) is 0. The molecule has 0 aliphatic heterocycles. The van der Waals surface area contributed by atoms with E-state index in [-0.39, 0.29) is 18.3 Å². The Kier molecular flexibility index (Phi) is 7.76. The lowest BCUT2D eigenvalue weighted by atomic mass is 9.82. The Balaban J connectivity index is 0.00000396. The lowest BCUT2D eigenvalue weighted by Crippen LogP contribution is -2.16. The highest BCUT2D eigenvalue weighted by Gasteiger charge is 2.38. The van der Waals surface area contributed by atoms with Gasteiger partial charge in [0.1, 0.15) is 11.2 Å². The summed E-state index contributed by atoms with van der Waals surface area (Å²) >= 11 is 0. The summed E-state index contributed by atoms with van der Waals surface area (Å²) in [7, 11) is 0. The summed E-state index contributed by atoms with van der Waals surface area (Å²) in [5.41, 5.74) is 20.7. The van der Waals surface area contributed by atoms with E-state index in [1.165, 1.54) is 66.9 Å². The largest absolute Gasteiger partial charge is 0.456 e. The molecule has 2 aliphatic rings. The third-order valence-corrected chi connectivity index (χ3v) is 12.7. The summed E-state index contributed by atoms with van der Waals surface area (Å²) in [5.74, 6) is 0. The molecular weight excluding hydrogens is 691 g/mol. The van der Waals surface area contributed by atoms with Gasteiger partial charge < -0.3 is 9.32 Å². The van der Waals surface area contributed by atoms with E-state index in [0.29, 0.717) is 0 Å². The van der Waals surface area contributed by atoms with E-state index in [1.54, 1.807) is 0 Å². The predicted molar refractivity (Wildman–Crippen MR) is 241 cm³/mol. The molecule has 2 aliphatic carbocycles. The van der Waals surface area contributed by atoms with Crippen LogP contribution < -0.4 is 4.90 Å². The minimum Gasteiger partial charge on any atom is -0.456 e. The number of anilines is 3. The summed E-state index contributed by atoms with van der Waals surface area (Å²) in [5, 5.41) is 2.29. The van der Waals surface area contributed by atoms with Gasteiger partial charge in [-0.15, -0.1) is 0 Å². The minimum atomic E-state index is -0.106. The second kappa shape index (κ2) is 12.7. The second-order valence-electron chi connectivity index (χ2n) is 16.5. The summed E-state index contributed by atoms with van der Waals surface area (Å²) < 4.78 is 6.27. The van der Waals surface area contributed by atoms with Crippen LogP contribution in [0.3, 0.4) is 0 Å². The van der Waals surface area contributed by atoms with Crippen molar-refractivity contribution in [1.29, 1.82) is 0 Å². The molecule has 0 unspecified atom stereocenters. The molecule has 276 valence electrons. The maximum Gasteiger partial charge on any atom is 0.136 e. The van der Waals surface area contributed by atoms with Crippen LogP contribution in [0.25, 0.3) is 66.4 Å². The summed E-state index contributed by atoms with van der Waals surface area (Å²) in [6, 6.07) is 64.5. The maximum atomic E-state index is 6.27. The second-order valence-corrected chi connectivity index (χ2v) is 16.5. The molecule has 11 rings (SSSR count). The van der Waals surface area contributed by atoms with Crippen molar-refractivity contribution < 1.29 is 4.42 Å². The Morgan fingerprint density at radius 2 is 0.842 bits per heavy atom. The first-order valence-electron chi connectivity index (χ1n) is 19.7. The highest BCUT2D eigenvalue weighted by atomic mass is 16.3. The molecule has 2 nitrogen and oxygen atoms in total. The van der Waals surface area contributed by atoms with Crippen LogP contribution in [0, 0.1) is 0 Å². The predicted octanol–water partition coefficient (Wildman–Crippen LogP) is 15.6. The van der Waals surface area contributed by atoms with Gasteiger partial charge >= 0.3 is 0 Å². The van der Waals surface area contributed by atoms with Crippen molar-refractivity contribution in [2.24, 2.45) is 0 Å². The molecule has 1 heterocycles. The van der Waals surface area contributed by atoms with Crippen LogP contribution in [-0.4, -0.2) is 0 Å². The smallest absolute Gasteiger partial charge is 0.136 e. The summed E-state index contributed by atoms with van der Waals surface area (Å²) in [4.78, 5) is 2.45. The van der Waals surface area contributed by atoms with Gasteiger partial charge in [-0.1, -0.05) is 169 Å². The van der Waals surface area contributed by atoms with Crippen molar-refractivity contribution >= 4 is 39.0 Å². The first kappa shape index (κ1) is 34.8. The van der Waals surface area contributed by atoms with Crippen LogP contribution in [0.5, 0.6) is 0 Å². The fourth-order valence-corrected chi connectivity index (χ4v) is 9.94. The fourth-order valence-electron chi connectivity index (χ4n) is 9.94. The monoisotopic (exact) mass is 735 g/mol. The molecule has 0 amide bonds. The van der Waals surface area contributed by atoms with Crippen LogP contribution in [0.1, 0.15) is 57.4 Å². The Morgan fingerprint density at radius 3 is 1.51 bits per heavy atom. The number of fused-ring (bicyclic) bond motifs is 9. The van der Waals surface area contributed by atoms with Gasteiger partial charge in [-0.05, 0) is 104 Å². The number of benzene rings is 8. The molecule has 0 N–H and O–H groups in total. The average Bonchev–Trinajstić information content (AvgIpc) is 3.82. The van der Waals surface area contributed by atoms with E-state index >= 15 is 0 Å². The van der Waals surface area contributed by atoms with Crippen LogP contribution in [0.2, 0.25) is 0 Å². The van der Waals surface area contributed by atoms with Crippen LogP contribution in [-0.2, 0) is 10.8 Å². The Hall–Kier alpha value is -6.64. The van der Waals surface area contributed by atoms with E-state index in [4.69, 9.17) is 4.42 Å². The number of nitrogens with zero attached hydrogens (tertiary/aromatic N) is 1. The van der Waals surface area contributed by atoms with Gasteiger partial charge in [-0.2, -0.15) is 0 Å². The van der Waals surface area contributed by atoms with Crippen LogP contribution in [0.15, 0.2) is 180 Å². The average molecular weight is 736 g/mol. The third-order valence-electron chi connectivity index (χ3n) is 12.7. The zero-order chi connectivity index (χ0) is 37.8. The van der Waals surface area contributed by atoms with Gasteiger partial charge in [-0.25, -0.2) is 0 Å². The lowest BCUT2D eigenvalue weighted by molar-refractivity contribution is 0.660. The molecule has 0 bridgehead atoms. The molecule has 0 fully saturated rings. The molecule has 57 heavy (non-hydrogen) atoms. The fraction of sp³-hybridized carbons (Fsp3) is 0.127. The quantitative estimate of drug-likeness (QED) is 0.175. The minimum absolute atomic E-state index is 0. The number of hydrogen-bond acceptors (Lipinski definition) is 2. The highest BCUT2D eigenvalue weighted by molar-refractivity contribution is 6.12. The van der Waals surface area contributed by atoms with Crippen molar-refractivity contribution in [1.82, 2.24) is 0 Å². The van der Waals surface area contributed by atoms with Crippen molar-refractivity contribution in [3.05, 3.63) is 198 Å². The number of rotatable bonds is 5. The molecule has 0 radical (unpaired) electrons. The van der Waals surface area contributed by atoms with Gasteiger partial charge in [0.2, 0.25) is 0 Å². The van der Waals surface area contributed by atoms with E-state index in [1.807, 2.05) is 12.1 Å². The van der Waals surface area contributed by atoms with Gasteiger partial charge in [-0.3, -0.25) is 0 Å². The normalized spacial score (nSPS) is 14.1. The molecule has 0 spiro atoms. The number of para-hydroxylation sites is 1. The Labute approximate surface area is 335 Å². The molecular formula is C55H45NO. The van der Waals surface area contributed by atoms with E-state index in [0.717, 1.165) is 38.9 Å². The topological polar surface area (TPSA) is 16.4 Å². The first-order valence-corrected chi connectivity index (χ1v) is 19.7. The molecule has 0 atom stereocenters. The molecule has 1 aromatic heterocycles. The van der Waals surface area contributed by atoms with Gasteiger partial charge in [0, 0.05) is 38.5 Å². The molecule has 0 saturated heterocycles. The van der Waals surface area contributed by atoms with Gasteiger partial charge in [0.15, 0.2) is 0 Å². The number of furan rings is 1. The lowest BCUT2D eigenvalue weighted by Gasteiger charge is -2.29. The van der Waals surface area contributed by atoms with Gasteiger partial charge in [0.05, 0.1) is 5.69 Å². The van der Waals surface area contributed by atoms with E-state index < -0.39 is 0 Å². The van der Waals surface area contributed by atoms with Crippen LogP contribution >= 0.6 is 0 Å².